The summed E-state index contributed by atoms with van der Waals surface area (Å²) in [5, 5.41) is 2.14. The van der Waals surface area contributed by atoms with Crippen LogP contribution in [0.25, 0.3) is 0 Å². The van der Waals surface area contributed by atoms with Crippen molar-refractivity contribution in [2.75, 3.05) is 0 Å². The molecule has 0 amide bonds. The fraction of sp³-hybridized carbons (Fsp3) is 0.0833. The highest BCUT2D eigenvalue weighted by Gasteiger charge is 2.14. The van der Waals surface area contributed by atoms with Gasteiger partial charge in [0.05, 0.1) is 5.56 Å². The minimum absolute atomic E-state index is 0.245. The Kier molecular flexibility index (Phi) is 4.19. The number of hydrogen-bond acceptors (Lipinski definition) is 7. The van der Waals surface area contributed by atoms with Crippen molar-refractivity contribution < 1.29 is 9.63 Å². The van der Waals surface area contributed by atoms with Crippen LogP contribution >= 0.6 is 11.8 Å². The van der Waals surface area contributed by atoms with Crippen LogP contribution in [0.5, 0.6) is 0 Å². The highest BCUT2D eigenvalue weighted by atomic mass is 32.2. The molecule has 96 valence electrons. The van der Waals surface area contributed by atoms with Crippen molar-refractivity contribution in [2.24, 2.45) is 5.34 Å². The van der Waals surface area contributed by atoms with Gasteiger partial charge in [0.1, 0.15) is 0 Å². The number of hydrogen-bond donors (Lipinski definition) is 0. The van der Waals surface area contributed by atoms with Crippen LogP contribution in [-0.2, 0) is 4.84 Å². The average Bonchev–Trinajstić information content (AvgIpc) is 2.39. The van der Waals surface area contributed by atoms with Gasteiger partial charge < -0.3 is 0 Å². The Balaban J connectivity index is 2.30. The molecule has 0 bridgehead atoms. The van der Waals surface area contributed by atoms with E-state index in [1.165, 1.54) is 30.2 Å². The summed E-state index contributed by atoms with van der Waals surface area (Å²) >= 11 is 1.34. The lowest BCUT2D eigenvalue weighted by Crippen LogP contribution is -2.02. The van der Waals surface area contributed by atoms with Crippen molar-refractivity contribution in [1.29, 1.82) is 0 Å². The molecule has 2 aromatic rings. The minimum atomic E-state index is -0.800. The zero-order chi connectivity index (χ0) is 13.7. The topological polar surface area (TPSA) is 81.5 Å². The zero-order valence-corrected chi connectivity index (χ0v) is 10.8. The van der Waals surface area contributed by atoms with E-state index in [0.717, 1.165) is 10.6 Å². The lowest BCUT2D eigenvalue weighted by Gasteiger charge is -2.05. The average molecular weight is 275 g/mol. The smallest absolute Gasteiger partial charge is 0.279 e. The summed E-state index contributed by atoms with van der Waals surface area (Å²) in [6.07, 6.45) is 4.66. The highest BCUT2D eigenvalue weighted by Crippen LogP contribution is 2.30. The van der Waals surface area contributed by atoms with E-state index in [9.17, 15) is 9.70 Å². The first-order chi connectivity index (χ1) is 9.20. The Hall–Kier alpha value is -2.28. The van der Waals surface area contributed by atoms with Gasteiger partial charge in [-0.05, 0) is 25.1 Å². The maximum Gasteiger partial charge on any atom is 0.370 e. The molecule has 0 aliphatic heterocycles. The van der Waals surface area contributed by atoms with Crippen molar-refractivity contribution in [1.82, 2.24) is 9.97 Å². The SMILES string of the molecule is Cc1cc(Sc2cnccc2C(=O)ON=O)ccn1. The number of carbonyl (C=O) groups excluding carboxylic acids is 1. The van der Waals surface area contributed by atoms with E-state index in [-0.39, 0.29) is 5.56 Å². The van der Waals surface area contributed by atoms with Crippen molar-refractivity contribution in [2.45, 2.75) is 16.7 Å². The third-order valence-electron chi connectivity index (χ3n) is 2.22. The third-order valence-corrected chi connectivity index (χ3v) is 3.26. The molecular weight excluding hydrogens is 266 g/mol. The van der Waals surface area contributed by atoms with Gasteiger partial charge in [-0.15, -0.1) is 4.91 Å². The van der Waals surface area contributed by atoms with Gasteiger partial charge in [-0.3, -0.25) is 14.8 Å². The Labute approximate surface area is 113 Å². The van der Waals surface area contributed by atoms with Crippen LogP contribution in [0.1, 0.15) is 16.1 Å². The molecule has 0 saturated carbocycles. The van der Waals surface area contributed by atoms with Crippen LogP contribution in [0.2, 0.25) is 0 Å². The molecule has 2 aromatic heterocycles. The Morgan fingerprint density at radius 1 is 1.37 bits per heavy atom. The summed E-state index contributed by atoms with van der Waals surface area (Å²) in [4.78, 5) is 35.2. The summed E-state index contributed by atoms with van der Waals surface area (Å²) in [5.41, 5.74) is 1.11. The van der Waals surface area contributed by atoms with E-state index in [0.29, 0.717) is 4.90 Å². The van der Waals surface area contributed by atoms with Crippen LogP contribution in [0, 0.1) is 11.8 Å². The van der Waals surface area contributed by atoms with Crippen LogP contribution in [0.4, 0.5) is 0 Å². The normalized spacial score (nSPS) is 9.95. The first-order valence-corrected chi connectivity index (χ1v) is 6.11. The molecular formula is C12H9N3O3S. The highest BCUT2D eigenvalue weighted by molar-refractivity contribution is 7.99. The van der Waals surface area contributed by atoms with Gasteiger partial charge in [0.15, 0.2) is 5.34 Å². The first-order valence-electron chi connectivity index (χ1n) is 5.29. The minimum Gasteiger partial charge on any atom is -0.279 e. The molecule has 7 heteroatoms. The third kappa shape index (κ3) is 3.35. The quantitative estimate of drug-likeness (QED) is 0.630. The maximum atomic E-state index is 11.6. The Morgan fingerprint density at radius 2 is 2.21 bits per heavy atom. The molecule has 2 rings (SSSR count). The molecule has 0 aliphatic carbocycles. The van der Waals surface area contributed by atoms with Gasteiger partial charge in [-0.1, -0.05) is 11.8 Å². The van der Waals surface area contributed by atoms with E-state index in [1.807, 2.05) is 19.1 Å². The van der Waals surface area contributed by atoms with Gasteiger partial charge in [-0.2, -0.15) is 0 Å². The number of aromatic nitrogens is 2. The van der Waals surface area contributed by atoms with Gasteiger partial charge in [0.25, 0.3) is 0 Å². The molecule has 0 saturated heterocycles. The van der Waals surface area contributed by atoms with Gasteiger partial charge in [0.2, 0.25) is 0 Å². The largest absolute Gasteiger partial charge is 0.370 e. The summed E-state index contributed by atoms with van der Waals surface area (Å²) < 4.78 is 0. The Bertz CT molecular complexity index is 619. The second-order valence-electron chi connectivity index (χ2n) is 3.56. The molecule has 0 radical (unpaired) electrons. The second-order valence-corrected chi connectivity index (χ2v) is 4.68. The van der Waals surface area contributed by atoms with E-state index in [4.69, 9.17) is 0 Å². The van der Waals surface area contributed by atoms with Crippen LogP contribution < -0.4 is 0 Å². The molecule has 0 aromatic carbocycles. The molecule has 19 heavy (non-hydrogen) atoms. The van der Waals surface area contributed by atoms with E-state index in [2.05, 4.69) is 20.1 Å². The second kappa shape index (κ2) is 6.05. The molecule has 0 fully saturated rings. The first kappa shape index (κ1) is 13.2. The van der Waals surface area contributed by atoms with Crippen molar-refractivity contribution in [3.8, 4) is 0 Å². The molecule has 0 unspecified atom stereocenters. The summed E-state index contributed by atoms with van der Waals surface area (Å²) in [7, 11) is 0. The number of rotatable bonds is 4. The van der Waals surface area contributed by atoms with Crippen molar-refractivity contribution >= 4 is 17.7 Å². The number of carbonyl (C=O) groups is 1. The molecule has 0 N–H and O–H groups in total. The van der Waals surface area contributed by atoms with E-state index >= 15 is 0 Å². The monoisotopic (exact) mass is 275 g/mol. The van der Waals surface area contributed by atoms with Gasteiger partial charge in [-0.25, -0.2) is 4.79 Å². The Morgan fingerprint density at radius 3 is 2.95 bits per heavy atom. The molecule has 6 nitrogen and oxygen atoms in total. The predicted octanol–water partition coefficient (Wildman–Crippen LogP) is 2.77. The zero-order valence-electron chi connectivity index (χ0n) is 9.94. The van der Waals surface area contributed by atoms with Gasteiger partial charge in [0, 0.05) is 34.1 Å². The molecule has 2 heterocycles. The molecule has 0 aliphatic rings. The maximum absolute atomic E-state index is 11.6. The summed E-state index contributed by atoms with van der Waals surface area (Å²) in [6.45, 7) is 1.87. The van der Waals surface area contributed by atoms with Crippen molar-refractivity contribution in [3.63, 3.8) is 0 Å². The van der Waals surface area contributed by atoms with E-state index < -0.39 is 5.97 Å². The number of pyridine rings is 2. The lowest BCUT2D eigenvalue weighted by atomic mass is 10.3. The summed E-state index contributed by atoms with van der Waals surface area (Å²) in [5.74, 6) is -0.800. The molecule has 0 atom stereocenters. The fourth-order valence-electron chi connectivity index (χ4n) is 1.42. The van der Waals surface area contributed by atoms with E-state index in [1.54, 1.807) is 6.20 Å². The van der Waals surface area contributed by atoms with Crippen LogP contribution in [0.3, 0.4) is 0 Å². The fourth-order valence-corrected chi connectivity index (χ4v) is 2.41. The number of nitrogens with zero attached hydrogens (tertiary/aromatic N) is 3. The predicted molar refractivity (Wildman–Crippen MR) is 68.5 cm³/mol. The lowest BCUT2D eigenvalue weighted by molar-refractivity contribution is 0.0504. The number of aryl methyl sites for hydroxylation is 1. The molecule has 0 spiro atoms. The van der Waals surface area contributed by atoms with Gasteiger partial charge >= 0.3 is 5.97 Å². The van der Waals surface area contributed by atoms with Crippen LogP contribution in [0.15, 0.2) is 51.9 Å². The van der Waals surface area contributed by atoms with Crippen molar-refractivity contribution in [3.05, 3.63) is 53.0 Å². The summed E-state index contributed by atoms with van der Waals surface area (Å²) in [6, 6.07) is 5.17. The van der Waals surface area contributed by atoms with Crippen LogP contribution in [-0.4, -0.2) is 15.9 Å². The standard InChI is InChI=1S/C12H9N3O3S/c1-8-6-9(2-5-14-8)19-11-7-13-4-3-10(11)12(16)18-15-17/h2-7H,1H3.